The highest BCUT2D eigenvalue weighted by Gasteiger charge is 2.55. The number of carbonyl (C=O) groups is 2. The first kappa shape index (κ1) is 27.1. The normalized spacial score (nSPS) is 23.6. The van der Waals surface area contributed by atoms with Crippen LogP contribution in [0.25, 0.3) is 0 Å². The number of nitrogens with one attached hydrogen (secondary N) is 1. The van der Waals surface area contributed by atoms with Gasteiger partial charge in [-0.1, -0.05) is 64.7 Å². The number of benzene rings is 1. The third kappa shape index (κ3) is 5.66. The molecule has 34 heavy (non-hydrogen) atoms. The van der Waals surface area contributed by atoms with E-state index < -0.39 is 23.3 Å². The highest BCUT2D eigenvalue weighted by molar-refractivity contribution is 5.92. The SMILES string of the molecule is C=CC=C(C)C1(C)C(CC(C)(C)C)CN(C(=O)Nc2ccc(C(=O)O)cc2)C1C(=C)C(F)=CC. The van der Waals surface area contributed by atoms with Crippen molar-refractivity contribution in [3.63, 3.8) is 0 Å². The topological polar surface area (TPSA) is 69.6 Å². The molecule has 2 rings (SSSR count). The Hall–Kier alpha value is -3.15. The van der Waals surface area contributed by atoms with Crippen LogP contribution in [0.4, 0.5) is 14.9 Å². The number of hydrogen-bond acceptors (Lipinski definition) is 2. The van der Waals surface area contributed by atoms with Crippen molar-refractivity contribution in [2.75, 3.05) is 11.9 Å². The van der Waals surface area contributed by atoms with Crippen molar-refractivity contribution < 1.29 is 19.1 Å². The number of halogens is 1. The van der Waals surface area contributed by atoms with E-state index >= 15 is 0 Å². The number of rotatable bonds is 7. The van der Waals surface area contributed by atoms with Crippen molar-refractivity contribution in [3.05, 3.63) is 78.2 Å². The van der Waals surface area contributed by atoms with E-state index in [9.17, 15) is 14.0 Å². The quantitative estimate of drug-likeness (QED) is 0.415. The van der Waals surface area contributed by atoms with Crippen molar-refractivity contribution in [1.82, 2.24) is 4.90 Å². The monoisotopic (exact) mass is 468 g/mol. The van der Waals surface area contributed by atoms with Gasteiger partial charge in [0.15, 0.2) is 0 Å². The molecule has 0 radical (unpaired) electrons. The Bertz CT molecular complexity index is 1020. The van der Waals surface area contributed by atoms with Crippen LogP contribution in [0.1, 0.15) is 58.3 Å². The first-order chi connectivity index (χ1) is 15.8. The number of likely N-dealkylation sites (tertiary alicyclic amines) is 1. The summed E-state index contributed by atoms with van der Waals surface area (Å²) in [7, 11) is 0. The van der Waals surface area contributed by atoms with Crippen molar-refractivity contribution in [3.8, 4) is 0 Å². The Morgan fingerprint density at radius 1 is 1.29 bits per heavy atom. The minimum Gasteiger partial charge on any atom is -0.478 e. The summed E-state index contributed by atoms with van der Waals surface area (Å²) >= 11 is 0. The smallest absolute Gasteiger partial charge is 0.335 e. The molecule has 3 unspecified atom stereocenters. The van der Waals surface area contributed by atoms with E-state index in [-0.39, 0.29) is 28.5 Å². The number of urea groups is 1. The first-order valence-electron chi connectivity index (χ1n) is 11.5. The van der Waals surface area contributed by atoms with Crippen LogP contribution >= 0.6 is 0 Å². The molecule has 1 aliphatic heterocycles. The van der Waals surface area contributed by atoms with Crippen LogP contribution in [0.3, 0.4) is 0 Å². The molecule has 1 aromatic rings. The first-order valence-corrected chi connectivity index (χ1v) is 11.5. The van der Waals surface area contributed by atoms with Crippen LogP contribution in [-0.2, 0) is 0 Å². The summed E-state index contributed by atoms with van der Waals surface area (Å²) in [6.45, 7) is 20.5. The van der Waals surface area contributed by atoms with Gasteiger partial charge in [0.05, 0.1) is 11.6 Å². The fraction of sp³-hybridized carbons (Fsp3) is 0.429. The number of hydrogen-bond donors (Lipinski definition) is 2. The van der Waals surface area contributed by atoms with Gasteiger partial charge >= 0.3 is 12.0 Å². The Balaban J connectivity index is 2.55. The van der Waals surface area contributed by atoms with Crippen molar-refractivity contribution in [1.29, 1.82) is 0 Å². The maximum atomic E-state index is 14.9. The molecule has 0 bridgehead atoms. The van der Waals surface area contributed by atoms with E-state index in [1.807, 2.05) is 13.0 Å². The molecule has 0 saturated carbocycles. The molecule has 2 amide bonds. The molecule has 1 fully saturated rings. The summed E-state index contributed by atoms with van der Waals surface area (Å²) in [6.07, 6.45) is 5.83. The van der Waals surface area contributed by atoms with Crippen molar-refractivity contribution >= 4 is 17.7 Å². The van der Waals surface area contributed by atoms with Gasteiger partial charge in [0.1, 0.15) is 5.83 Å². The maximum absolute atomic E-state index is 14.9. The van der Waals surface area contributed by atoms with E-state index in [0.717, 1.165) is 12.0 Å². The molecule has 0 aromatic heterocycles. The number of allylic oxidation sites excluding steroid dienone is 3. The fourth-order valence-corrected chi connectivity index (χ4v) is 4.95. The van der Waals surface area contributed by atoms with Crippen LogP contribution in [0, 0.1) is 16.7 Å². The van der Waals surface area contributed by atoms with Crippen LogP contribution in [0.5, 0.6) is 0 Å². The minimum atomic E-state index is -1.04. The van der Waals surface area contributed by atoms with E-state index in [4.69, 9.17) is 5.11 Å². The number of aromatic carboxylic acids is 1. The lowest BCUT2D eigenvalue weighted by molar-refractivity contribution is 0.0697. The lowest BCUT2D eigenvalue weighted by Crippen LogP contribution is -2.46. The van der Waals surface area contributed by atoms with Crippen LogP contribution in [0.15, 0.2) is 72.6 Å². The molecule has 1 aliphatic rings. The highest BCUT2D eigenvalue weighted by atomic mass is 19.1. The predicted octanol–water partition coefficient (Wildman–Crippen LogP) is 7.22. The zero-order valence-corrected chi connectivity index (χ0v) is 21.1. The second kappa shape index (κ2) is 10.4. The molecular formula is C28H37FN2O3. The second-order valence-electron chi connectivity index (χ2n) is 10.4. The Kier molecular flexibility index (Phi) is 8.30. The van der Waals surface area contributed by atoms with E-state index in [1.54, 1.807) is 30.0 Å². The molecular weight excluding hydrogens is 431 g/mol. The average Bonchev–Trinajstić information content (AvgIpc) is 3.05. The summed E-state index contributed by atoms with van der Waals surface area (Å²) in [5.41, 5.74) is 1.28. The molecule has 5 nitrogen and oxygen atoms in total. The fourth-order valence-electron chi connectivity index (χ4n) is 4.95. The standard InChI is InChI=1S/C28H37FN2O3/c1-9-11-18(3)28(8)21(16-27(5,6)7)17-31(24(28)19(4)23(29)10-2)26(34)30-22-14-12-20(13-15-22)25(32)33/h9-15,21,24H,1,4,16-17H2,2-3,5-8H3,(H,30,34)(H,32,33). The Morgan fingerprint density at radius 2 is 1.88 bits per heavy atom. The highest BCUT2D eigenvalue weighted by Crippen LogP contribution is 2.53. The average molecular weight is 469 g/mol. The van der Waals surface area contributed by atoms with Gasteiger partial charge in [0.25, 0.3) is 0 Å². The Morgan fingerprint density at radius 3 is 2.35 bits per heavy atom. The summed E-state index contributed by atoms with van der Waals surface area (Å²) in [6, 6.07) is 4.96. The zero-order valence-electron chi connectivity index (χ0n) is 21.1. The summed E-state index contributed by atoms with van der Waals surface area (Å²) in [5, 5.41) is 12.0. The summed E-state index contributed by atoms with van der Waals surface area (Å²) < 4.78 is 14.9. The molecule has 2 N–H and O–H groups in total. The minimum absolute atomic E-state index is 0.00937. The lowest BCUT2D eigenvalue weighted by atomic mass is 9.64. The van der Waals surface area contributed by atoms with Gasteiger partial charge < -0.3 is 15.3 Å². The molecule has 6 heteroatoms. The largest absolute Gasteiger partial charge is 0.478 e. The third-order valence-electron chi connectivity index (χ3n) is 6.76. The van der Waals surface area contributed by atoms with Gasteiger partial charge in [-0.2, -0.15) is 0 Å². The third-order valence-corrected chi connectivity index (χ3v) is 6.76. The van der Waals surface area contributed by atoms with Gasteiger partial charge in [-0.3, -0.25) is 0 Å². The van der Waals surface area contributed by atoms with Crippen LogP contribution in [0.2, 0.25) is 0 Å². The number of carboxylic acid groups (broad SMARTS) is 1. The van der Waals surface area contributed by atoms with Crippen molar-refractivity contribution in [2.24, 2.45) is 16.7 Å². The summed E-state index contributed by atoms with van der Waals surface area (Å²) in [5.74, 6) is -1.43. The van der Waals surface area contributed by atoms with Gasteiger partial charge in [-0.05, 0) is 55.9 Å². The number of anilines is 1. The van der Waals surface area contributed by atoms with Gasteiger partial charge in [0, 0.05) is 23.2 Å². The van der Waals surface area contributed by atoms with Crippen molar-refractivity contribution in [2.45, 2.75) is 54.0 Å². The van der Waals surface area contributed by atoms with Gasteiger partial charge in [-0.25, -0.2) is 14.0 Å². The van der Waals surface area contributed by atoms with Crippen LogP contribution in [-0.4, -0.2) is 34.6 Å². The number of amides is 2. The number of carboxylic acids is 1. The van der Waals surface area contributed by atoms with E-state index in [2.05, 4.69) is 46.2 Å². The maximum Gasteiger partial charge on any atom is 0.335 e. The van der Waals surface area contributed by atoms with Crippen LogP contribution < -0.4 is 5.32 Å². The molecule has 0 aliphatic carbocycles. The second-order valence-corrected chi connectivity index (χ2v) is 10.4. The molecule has 1 heterocycles. The molecule has 3 atom stereocenters. The lowest BCUT2D eigenvalue weighted by Gasteiger charge is -2.41. The summed E-state index contributed by atoms with van der Waals surface area (Å²) in [4.78, 5) is 26.3. The Labute approximate surface area is 202 Å². The van der Waals surface area contributed by atoms with Gasteiger partial charge in [0.2, 0.25) is 0 Å². The molecule has 184 valence electrons. The zero-order chi connectivity index (χ0) is 25.8. The molecule has 1 aromatic carbocycles. The van der Waals surface area contributed by atoms with E-state index in [0.29, 0.717) is 12.2 Å². The van der Waals surface area contributed by atoms with Gasteiger partial charge in [-0.15, -0.1) is 0 Å². The van der Waals surface area contributed by atoms with E-state index in [1.165, 1.54) is 18.2 Å². The molecule has 0 spiro atoms. The number of nitrogens with zero attached hydrogens (tertiary/aromatic N) is 1. The molecule has 1 saturated heterocycles. The number of carbonyl (C=O) groups excluding carboxylic acids is 1. The predicted molar refractivity (Wildman–Crippen MR) is 137 cm³/mol.